The van der Waals surface area contributed by atoms with Crippen LogP contribution >= 0.6 is 27.3 Å². The molecule has 0 unspecified atom stereocenters. The lowest BCUT2D eigenvalue weighted by atomic mass is 10.2. The lowest BCUT2D eigenvalue weighted by molar-refractivity contribution is 1.04. The third-order valence-electron chi connectivity index (χ3n) is 2.20. The van der Waals surface area contributed by atoms with Gasteiger partial charge in [0, 0.05) is 21.1 Å². The van der Waals surface area contributed by atoms with Gasteiger partial charge in [0.25, 0.3) is 5.56 Å². The van der Waals surface area contributed by atoms with Crippen molar-refractivity contribution in [2.45, 2.75) is 13.8 Å². The van der Waals surface area contributed by atoms with Crippen LogP contribution in [-0.2, 0) is 0 Å². The molecule has 78 valence electrons. The monoisotopic (exact) mass is 284 g/mol. The van der Waals surface area contributed by atoms with E-state index >= 15 is 0 Å². The van der Waals surface area contributed by atoms with E-state index in [0.717, 1.165) is 15.0 Å². The van der Waals surface area contributed by atoms with E-state index in [-0.39, 0.29) is 5.56 Å². The van der Waals surface area contributed by atoms with Gasteiger partial charge in [0.1, 0.15) is 0 Å². The number of aryl methyl sites for hydroxylation is 1. The zero-order chi connectivity index (χ0) is 11.0. The van der Waals surface area contributed by atoms with Gasteiger partial charge >= 0.3 is 0 Å². The van der Waals surface area contributed by atoms with Crippen LogP contribution in [0, 0.1) is 13.8 Å². The maximum atomic E-state index is 11.5. The smallest absolute Gasteiger partial charge is 0.254 e. The molecule has 0 aliphatic carbocycles. The highest BCUT2D eigenvalue weighted by Crippen LogP contribution is 2.26. The number of aromatic amines is 1. The SMILES string of the molecule is Cc1nc(-c2cc(Br)cs2)[nH]c(=O)c1C. The molecule has 0 fully saturated rings. The summed E-state index contributed by atoms with van der Waals surface area (Å²) in [5.74, 6) is 0.638. The molecule has 2 heterocycles. The van der Waals surface area contributed by atoms with Crippen molar-refractivity contribution in [3.8, 4) is 10.7 Å². The van der Waals surface area contributed by atoms with Gasteiger partial charge in [-0.05, 0) is 35.8 Å². The van der Waals surface area contributed by atoms with E-state index in [0.29, 0.717) is 11.4 Å². The van der Waals surface area contributed by atoms with Gasteiger partial charge in [-0.25, -0.2) is 4.98 Å². The van der Waals surface area contributed by atoms with Gasteiger partial charge in [-0.3, -0.25) is 4.79 Å². The lowest BCUT2D eigenvalue weighted by Crippen LogP contribution is -2.13. The Morgan fingerprint density at radius 2 is 2.20 bits per heavy atom. The first-order valence-corrected chi connectivity index (χ1v) is 6.07. The van der Waals surface area contributed by atoms with E-state index in [1.165, 1.54) is 0 Å². The van der Waals surface area contributed by atoms with Crippen molar-refractivity contribution < 1.29 is 0 Å². The fourth-order valence-corrected chi connectivity index (χ4v) is 2.57. The van der Waals surface area contributed by atoms with Crippen molar-refractivity contribution in [3.05, 3.63) is 37.5 Å². The Bertz CT molecular complexity index is 559. The minimum absolute atomic E-state index is 0.0676. The second kappa shape index (κ2) is 3.90. The van der Waals surface area contributed by atoms with Crippen LogP contribution in [0.2, 0.25) is 0 Å². The van der Waals surface area contributed by atoms with Crippen molar-refractivity contribution >= 4 is 27.3 Å². The summed E-state index contributed by atoms with van der Waals surface area (Å²) >= 11 is 4.92. The number of nitrogens with one attached hydrogen (secondary N) is 1. The van der Waals surface area contributed by atoms with Crippen molar-refractivity contribution in [2.24, 2.45) is 0 Å². The molecule has 2 aromatic heterocycles. The number of halogens is 1. The number of H-pyrrole nitrogens is 1. The highest BCUT2D eigenvalue weighted by molar-refractivity contribution is 9.10. The minimum Gasteiger partial charge on any atom is -0.306 e. The van der Waals surface area contributed by atoms with Crippen LogP contribution < -0.4 is 5.56 Å². The van der Waals surface area contributed by atoms with Crippen LogP contribution in [0.4, 0.5) is 0 Å². The normalized spacial score (nSPS) is 10.6. The van der Waals surface area contributed by atoms with Gasteiger partial charge < -0.3 is 4.98 Å². The third-order valence-corrected chi connectivity index (χ3v) is 3.89. The van der Waals surface area contributed by atoms with E-state index < -0.39 is 0 Å². The Morgan fingerprint density at radius 1 is 1.47 bits per heavy atom. The molecule has 2 rings (SSSR count). The second-order valence-electron chi connectivity index (χ2n) is 3.25. The standard InChI is InChI=1S/C10H9BrN2OS/c1-5-6(2)12-9(13-10(5)14)8-3-7(11)4-15-8/h3-4H,1-2H3,(H,12,13,14). The summed E-state index contributed by atoms with van der Waals surface area (Å²) in [7, 11) is 0. The molecule has 0 saturated carbocycles. The number of rotatable bonds is 1. The molecule has 5 heteroatoms. The maximum Gasteiger partial charge on any atom is 0.254 e. The van der Waals surface area contributed by atoms with Gasteiger partial charge in [-0.15, -0.1) is 11.3 Å². The molecule has 0 aliphatic rings. The topological polar surface area (TPSA) is 45.8 Å². The fourth-order valence-electron chi connectivity index (χ4n) is 1.20. The van der Waals surface area contributed by atoms with Gasteiger partial charge in [0.05, 0.1) is 4.88 Å². The Balaban J connectivity index is 2.60. The Hall–Kier alpha value is -0.940. The molecule has 0 bridgehead atoms. The summed E-state index contributed by atoms with van der Waals surface area (Å²) in [5.41, 5.74) is 1.38. The lowest BCUT2D eigenvalue weighted by Gasteiger charge is -2.01. The predicted molar refractivity (Wildman–Crippen MR) is 65.3 cm³/mol. The van der Waals surface area contributed by atoms with Crippen molar-refractivity contribution in [3.63, 3.8) is 0 Å². The maximum absolute atomic E-state index is 11.5. The first kappa shape index (κ1) is 10.6. The molecular weight excluding hydrogens is 276 g/mol. The summed E-state index contributed by atoms with van der Waals surface area (Å²) in [4.78, 5) is 19.6. The summed E-state index contributed by atoms with van der Waals surface area (Å²) in [6.07, 6.45) is 0. The van der Waals surface area contributed by atoms with E-state index in [1.807, 2.05) is 18.4 Å². The first-order valence-electron chi connectivity index (χ1n) is 4.40. The fraction of sp³-hybridized carbons (Fsp3) is 0.200. The number of nitrogens with zero attached hydrogens (tertiary/aromatic N) is 1. The molecule has 0 radical (unpaired) electrons. The average molecular weight is 285 g/mol. The molecular formula is C10H9BrN2OS. The molecule has 1 N–H and O–H groups in total. The largest absolute Gasteiger partial charge is 0.306 e. The molecule has 0 atom stereocenters. The number of hydrogen-bond donors (Lipinski definition) is 1. The number of aromatic nitrogens is 2. The van der Waals surface area contributed by atoms with Gasteiger partial charge in [-0.1, -0.05) is 0 Å². The van der Waals surface area contributed by atoms with Crippen LogP contribution in [0.5, 0.6) is 0 Å². The van der Waals surface area contributed by atoms with E-state index in [2.05, 4.69) is 25.9 Å². The van der Waals surface area contributed by atoms with Crippen molar-refractivity contribution in [2.75, 3.05) is 0 Å². The zero-order valence-corrected chi connectivity index (χ0v) is 10.7. The first-order chi connectivity index (χ1) is 7.08. The molecule has 0 aliphatic heterocycles. The van der Waals surface area contributed by atoms with Crippen LogP contribution in [-0.4, -0.2) is 9.97 Å². The molecule has 3 nitrogen and oxygen atoms in total. The van der Waals surface area contributed by atoms with Gasteiger partial charge in [0.15, 0.2) is 5.82 Å². The number of hydrogen-bond acceptors (Lipinski definition) is 3. The van der Waals surface area contributed by atoms with Gasteiger partial charge in [-0.2, -0.15) is 0 Å². The second-order valence-corrected chi connectivity index (χ2v) is 5.08. The van der Waals surface area contributed by atoms with Crippen LogP contribution in [0.1, 0.15) is 11.3 Å². The Kier molecular flexibility index (Phi) is 2.75. The zero-order valence-electron chi connectivity index (χ0n) is 8.30. The number of thiophene rings is 1. The van der Waals surface area contributed by atoms with E-state index in [1.54, 1.807) is 18.3 Å². The van der Waals surface area contributed by atoms with Crippen LogP contribution in [0.25, 0.3) is 10.7 Å². The quantitative estimate of drug-likeness (QED) is 0.875. The van der Waals surface area contributed by atoms with Crippen molar-refractivity contribution in [1.29, 1.82) is 0 Å². The van der Waals surface area contributed by atoms with E-state index in [4.69, 9.17) is 0 Å². The summed E-state index contributed by atoms with van der Waals surface area (Å²) in [6.45, 7) is 3.62. The highest BCUT2D eigenvalue weighted by Gasteiger charge is 2.07. The highest BCUT2D eigenvalue weighted by atomic mass is 79.9. The minimum atomic E-state index is -0.0676. The van der Waals surface area contributed by atoms with Crippen LogP contribution in [0.3, 0.4) is 0 Å². The summed E-state index contributed by atoms with van der Waals surface area (Å²) < 4.78 is 1.00. The van der Waals surface area contributed by atoms with Crippen LogP contribution in [0.15, 0.2) is 20.7 Å². The van der Waals surface area contributed by atoms with E-state index in [9.17, 15) is 4.79 Å². The Labute approximate surface area is 99.3 Å². The van der Waals surface area contributed by atoms with Crippen molar-refractivity contribution in [1.82, 2.24) is 9.97 Å². The predicted octanol–water partition coefficient (Wildman–Crippen LogP) is 2.88. The molecule has 0 aromatic carbocycles. The molecule has 15 heavy (non-hydrogen) atoms. The summed E-state index contributed by atoms with van der Waals surface area (Å²) in [5, 5.41) is 1.96. The summed E-state index contributed by atoms with van der Waals surface area (Å²) in [6, 6.07) is 1.94. The molecule has 0 saturated heterocycles. The Morgan fingerprint density at radius 3 is 2.73 bits per heavy atom. The molecule has 2 aromatic rings. The van der Waals surface area contributed by atoms with Gasteiger partial charge in [0.2, 0.25) is 0 Å². The average Bonchev–Trinajstić information content (AvgIpc) is 2.60. The third kappa shape index (κ3) is 2.03. The molecule has 0 spiro atoms. The molecule has 0 amide bonds.